The molecular formula is C9H12ClIN2. The number of halogens is 2. The number of nitrogens with two attached hydrogens (primary N) is 1. The molecular weight excluding hydrogens is 298 g/mol. The predicted octanol–water partition coefficient (Wildman–Crippen LogP) is 3.14. The predicted molar refractivity (Wildman–Crippen MR) is 63.8 cm³/mol. The van der Waals surface area contributed by atoms with Crippen LogP contribution >= 0.6 is 34.2 Å². The van der Waals surface area contributed by atoms with Gasteiger partial charge < -0.3 is 5.73 Å². The summed E-state index contributed by atoms with van der Waals surface area (Å²) in [5, 5.41) is 0.549. The van der Waals surface area contributed by atoms with Crippen LogP contribution in [0.4, 0.5) is 0 Å². The molecule has 1 aromatic rings. The van der Waals surface area contributed by atoms with Crippen LogP contribution < -0.4 is 5.73 Å². The molecule has 0 amide bonds. The average molecular weight is 311 g/mol. The molecule has 0 aromatic carbocycles. The van der Waals surface area contributed by atoms with Crippen molar-refractivity contribution in [3.63, 3.8) is 0 Å². The Morgan fingerprint density at radius 3 is 2.92 bits per heavy atom. The largest absolute Gasteiger partial charge is 0.324 e. The van der Waals surface area contributed by atoms with Gasteiger partial charge in [-0.3, -0.25) is 0 Å². The van der Waals surface area contributed by atoms with E-state index in [1.807, 2.05) is 6.07 Å². The lowest BCUT2D eigenvalue weighted by Gasteiger charge is -2.10. The van der Waals surface area contributed by atoms with Gasteiger partial charge in [0.05, 0.1) is 3.57 Å². The topological polar surface area (TPSA) is 38.9 Å². The fourth-order valence-corrected chi connectivity index (χ4v) is 1.72. The first-order valence-electron chi connectivity index (χ1n) is 4.21. The van der Waals surface area contributed by atoms with Crippen LogP contribution in [0, 0.1) is 3.57 Å². The lowest BCUT2D eigenvalue weighted by atomic mass is 10.1. The monoisotopic (exact) mass is 310 g/mol. The van der Waals surface area contributed by atoms with Gasteiger partial charge in [0.25, 0.3) is 0 Å². The second-order valence-corrected chi connectivity index (χ2v) is 4.46. The highest BCUT2D eigenvalue weighted by molar-refractivity contribution is 14.1. The van der Waals surface area contributed by atoms with Crippen molar-refractivity contribution in [1.82, 2.24) is 4.98 Å². The summed E-state index contributed by atoms with van der Waals surface area (Å²) in [6.07, 6.45) is 3.82. The first kappa shape index (κ1) is 11.2. The molecule has 72 valence electrons. The van der Waals surface area contributed by atoms with Crippen molar-refractivity contribution in [2.45, 2.75) is 25.8 Å². The smallest absolute Gasteiger partial charge is 0.142 e. The third-order valence-electron chi connectivity index (χ3n) is 1.85. The molecule has 13 heavy (non-hydrogen) atoms. The molecule has 0 unspecified atom stereocenters. The quantitative estimate of drug-likeness (QED) is 0.688. The maximum absolute atomic E-state index is 5.94. The van der Waals surface area contributed by atoms with E-state index < -0.39 is 0 Å². The zero-order valence-electron chi connectivity index (χ0n) is 7.43. The molecule has 0 fully saturated rings. The lowest BCUT2D eigenvalue weighted by Crippen LogP contribution is -2.10. The van der Waals surface area contributed by atoms with E-state index in [0.717, 1.165) is 22.0 Å². The second-order valence-electron chi connectivity index (χ2n) is 2.94. The Morgan fingerprint density at radius 1 is 1.69 bits per heavy atom. The van der Waals surface area contributed by atoms with Crippen molar-refractivity contribution in [3.05, 3.63) is 26.5 Å². The summed E-state index contributed by atoms with van der Waals surface area (Å²) >= 11 is 7.96. The van der Waals surface area contributed by atoms with Crippen LogP contribution in [0.2, 0.25) is 5.15 Å². The van der Waals surface area contributed by atoms with Gasteiger partial charge in [-0.25, -0.2) is 4.98 Å². The van der Waals surface area contributed by atoms with Gasteiger partial charge in [0.1, 0.15) is 5.15 Å². The zero-order valence-corrected chi connectivity index (χ0v) is 10.3. The maximum atomic E-state index is 5.94. The first-order valence-corrected chi connectivity index (χ1v) is 5.67. The third-order valence-corrected chi connectivity index (χ3v) is 3.29. The van der Waals surface area contributed by atoms with Crippen LogP contribution in [0.1, 0.15) is 31.4 Å². The normalized spacial score (nSPS) is 12.9. The summed E-state index contributed by atoms with van der Waals surface area (Å²) in [6, 6.07) is 2.08. The molecule has 0 aliphatic carbocycles. The molecule has 1 atom stereocenters. The highest BCUT2D eigenvalue weighted by atomic mass is 127. The van der Waals surface area contributed by atoms with Gasteiger partial charge in [-0.2, -0.15) is 0 Å². The van der Waals surface area contributed by atoms with Gasteiger partial charge >= 0.3 is 0 Å². The van der Waals surface area contributed by atoms with E-state index in [9.17, 15) is 0 Å². The van der Waals surface area contributed by atoms with E-state index >= 15 is 0 Å². The van der Waals surface area contributed by atoms with Gasteiger partial charge in [0, 0.05) is 12.2 Å². The average Bonchev–Trinajstić information content (AvgIpc) is 2.10. The van der Waals surface area contributed by atoms with Gasteiger partial charge in [-0.15, -0.1) is 0 Å². The number of pyridine rings is 1. The molecule has 0 saturated heterocycles. The molecule has 0 aliphatic heterocycles. The first-order chi connectivity index (χ1) is 6.15. The van der Waals surface area contributed by atoms with E-state index in [1.165, 1.54) is 0 Å². The highest BCUT2D eigenvalue weighted by Gasteiger charge is 2.07. The molecule has 1 heterocycles. The molecule has 4 heteroatoms. The van der Waals surface area contributed by atoms with Crippen LogP contribution in [-0.2, 0) is 0 Å². The summed E-state index contributed by atoms with van der Waals surface area (Å²) in [7, 11) is 0. The highest BCUT2D eigenvalue weighted by Crippen LogP contribution is 2.21. The van der Waals surface area contributed by atoms with Crippen molar-refractivity contribution < 1.29 is 0 Å². The van der Waals surface area contributed by atoms with Crippen LogP contribution in [0.3, 0.4) is 0 Å². The van der Waals surface area contributed by atoms with Gasteiger partial charge in [-0.1, -0.05) is 24.9 Å². The van der Waals surface area contributed by atoms with Crippen molar-refractivity contribution >= 4 is 34.2 Å². The standard InChI is InChI=1S/C9H12ClIN2/c1-2-3-8(12)6-4-7(11)9(10)13-5-6/h4-5,8H,2-3,12H2,1H3/t8-/m1/s1. The van der Waals surface area contributed by atoms with Crippen molar-refractivity contribution in [1.29, 1.82) is 0 Å². The molecule has 0 bridgehead atoms. The molecule has 0 radical (unpaired) electrons. The minimum absolute atomic E-state index is 0.0864. The molecule has 0 saturated carbocycles. The van der Waals surface area contributed by atoms with E-state index in [4.69, 9.17) is 17.3 Å². The van der Waals surface area contributed by atoms with Crippen molar-refractivity contribution in [3.8, 4) is 0 Å². The summed E-state index contributed by atoms with van der Waals surface area (Å²) in [5.41, 5.74) is 7.00. The lowest BCUT2D eigenvalue weighted by molar-refractivity contribution is 0.636. The zero-order chi connectivity index (χ0) is 9.84. The Kier molecular flexibility index (Phi) is 4.41. The number of nitrogens with zero attached hydrogens (tertiary/aromatic N) is 1. The molecule has 1 aromatic heterocycles. The van der Waals surface area contributed by atoms with Gasteiger partial charge in [0.2, 0.25) is 0 Å². The minimum Gasteiger partial charge on any atom is -0.324 e. The Hall–Kier alpha value is 0.130. The summed E-state index contributed by atoms with van der Waals surface area (Å²) in [6.45, 7) is 2.12. The second kappa shape index (κ2) is 5.12. The Labute approximate surface area is 97.0 Å². The SMILES string of the molecule is CCC[C@@H](N)c1cnc(Cl)c(I)c1. The van der Waals surface area contributed by atoms with E-state index in [2.05, 4.69) is 34.5 Å². The van der Waals surface area contributed by atoms with Gasteiger partial charge in [-0.05, 0) is 40.6 Å². The van der Waals surface area contributed by atoms with Crippen LogP contribution in [0.25, 0.3) is 0 Å². The summed E-state index contributed by atoms with van der Waals surface area (Å²) in [4.78, 5) is 4.06. The molecule has 1 rings (SSSR count). The van der Waals surface area contributed by atoms with Crippen molar-refractivity contribution in [2.75, 3.05) is 0 Å². The Balaban J connectivity index is 2.84. The number of rotatable bonds is 3. The Morgan fingerprint density at radius 2 is 2.38 bits per heavy atom. The van der Waals surface area contributed by atoms with E-state index in [-0.39, 0.29) is 6.04 Å². The minimum atomic E-state index is 0.0864. The van der Waals surface area contributed by atoms with Gasteiger partial charge in [0.15, 0.2) is 0 Å². The molecule has 0 spiro atoms. The van der Waals surface area contributed by atoms with E-state index in [0.29, 0.717) is 5.15 Å². The fourth-order valence-electron chi connectivity index (χ4n) is 1.12. The number of hydrogen-bond acceptors (Lipinski definition) is 2. The molecule has 2 N–H and O–H groups in total. The van der Waals surface area contributed by atoms with Crippen LogP contribution in [0.15, 0.2) is 12.3 Å². The fraction of sp³-hybridized carbons (Fsp3) is 0.444. The number of hydrogen-bond donors (Lipinski definition) is 1. The molecule has 0 aliphatic rings. The summed E-state index contributed by atoms with van der Waals surface area (Å²) < 4.78 is 0.961. The number of aromatic nitrogens is 1. The van der Waals surface area contributed by atoms with Crippen molar-refractivity contribution in [2.24, 2.45) is 5.73 Å². The third kappa shape index (κ3) is 3.07. The van der Waals surface area contributed by atoms with Crippen LogP contribution in [0.5, 0.6) is 0 Å². The maximum Gasteiger partial charge on any atom is 0.142 e. The Bertz CT molecular complexity index is 291. The van der Waals surface area contributed by atoms with Crippen LogP contribution in [-0.4, -0.2) is 4.98 Å². The summed E-state index contributed by atoms with van der Waals surface area (Å²) in [5.74, 6) is 0. The molecule has 2 nitrogen and oxygen atoms in total. The van der Waals surface area contributed by atoms with E-state index in [1.54, 1.807) is 6.20 Å².